The zero-order valence-electron chi connectivity index (χ0n) is 14.8. The summed E-state index contributed by atoms with van der Waals surface area (Å²) in [6, 6.07) is 15.5. The van der Waals surface area contributed by atoms with Gasteiger partial charge >= 0.3 is 0 Å². The van der Waals surface area contributed by atoms with Crippen LogP contribution in [0.3, 0.4) is 0 Å². The Morgan fingerprint density at radius 1 is 1.00 bits per heavy atom. The van der Waals surface area contributed by atoms with E-state index in [4.69, 9.17) is 0 Å². The lowest BCUT2D eigenvalue weighted by atomic mass is 10.2. The number of hydrogen-bond donors (Lipinski definition) is 2. The molecule has 7 nitrogen and oxygen atoms in total. The second-order valence-corrected chi connectivity index (χ2v) is 6.29. The minimum atomic E-state index is -0.397. The Labute approximate surface area is 155 Å². The normalized spacial score (nSPS) is 11.0. The molecule has 4 rings (SSSR count). The van der Waals surface area contributed by atoms with Crippen molar-refractivity contribution in [3.05, 3.63) is 72.3 Å². The van der Waals surface area contributed by atoms with Crippen molar-refractivity contribution >= 4 is 28.4 Å². The predicted octanol–water partition coefficient (Wildman–Crippen LogP) is 2.45. The van der Waals surface area contributed by atoms with Crippen molar-refractivity contribution in [3.63, 3.8) is 0 Å². The van der Waals surface area contributed by atoms with E-state index in [0.717, 1.165) is 10.9 Å². The van der Waals surface area contributed by atoms with Gasteiger partial charge < -0.3 is 4.57 Å². The molecular weight excluding hydrogens is 342 g/mol. The number of aromatic nitrogens is 3. The number of fused-ring (bicyclic) bond motifs is 2. The molecule has 7 heteroatoms. The van der Waals surface area contributed by atoms with Gasteiger partial charge in [0.15, 0.2) is 0 Å². The fraction of sp³-hybridized carbons (Fsp3) is 0.150. The van der Waals surface area contributed by atoms with Gasteiger partial charge in [-0.1, -0.05) is 24.3 Å². The first kappa shape index (κ1) is 16.8. The summed E-state index contributed by atoms with van der Waals surface area (Å²) < 4.78 is 3.72. The topological polar surface area (TPSA) is 80.4 Å². The molecule has 0 saturated heterocycles. The van der Waals surface area contributed by atoms with Gasteiger partial charge in [0.05, 0.1) is 5.69 Å². The van der Waals surface area contributed by atoms with Gasteiger partial charge in [-0.2, -0.15) is 0 Å². The molecule has 3 heterocycles. The van der Waals surface area contributed by atoms with Crippen LogP contribution in [0.4, 0.5) is 0 Å². The van der Waals surface area contributed by atoms with Crippen molar-refractivity contribution in [2.75, 3.05) is 0 Å². The Morgan fingerprint density at radius 2 is 1.81 bits per heavy atom. The van der Waals surface area contributed by atoms with Crippen LogP contribution < -0.4 is 10.9 Å². The van der Waals surface area contributed by atoms with E-state index in [9.17, 15) is 9.59 Å². The standard InChI is InChI=1S/C20H19N5O2/c1-14-19(25-11-5-4-8-17(25)21-14)20(27)23-22-18(26)10-13-24-12-9-15-6-2-3-7-16(15)24/h2-9,11-12H,10,13H2,1H3,(H,22,26)(H,23,27). The lowest BCUT2D eigenvalue weighted by Gasteiger charge is -2.09. The summed E-state index contributed by atoms with van der Waals surface area (Å²) in [6.45, 7) is 2.30. The molecule has 0 aliphatic heterocycles. The molecule has 1 aromatic carbocycles. The summed E-state index contributed by atoms with van der Waals surface area (Å²) in [5.41, 5.74) is 7.73. The molecule has 136 valence electrons. The van der Waals surface area contributed by atoms with Crippen LogP contribution in [0.2, 0.25) is 0 Å². The highest BCUT2D eigenvalue weighted by atomic mass is 16.2. The van der Waals surface area contributed by atoms with Gasteiger partial charge in [0.25, 0.3) is 5.91 Å². The molecule has 0 radical (unpaired) electrons. The molecule has 0 aliphatic rings. The zero-order valence-corrected chi connectivity index (χ0v) is 14.8. The first-order valence-corrected chi connectivity index (χ1v) is 8.70. The number of nitrogens with one attached hydrogen (secondary N) is 2. The molecule has 0 fully saturated rings. The smallest absolute Gasteiger partial charge is 0.288 e. The summed E-state index contributed by atoms with van der Waals surface area (Å²) in [5, 5.41) is 1.13. The van der Waals surface area contributed by atoms with Gasteiger partial charge in [-0.25, -0.2) is 4.98 Å². The first-order chi connectivity index (χ1) is 13.1. The van der Waals surface area contributed by atoms with Crippen LogP contribution in [-0.2, 0) is 11.3 Å². The maximum atomic E-state index is 12.5. The van der Waals surface area contributed by atoms with Crippen molar-refractivity contribution in [1.82, 2.24) is 24.8 Å². The van der Waals surface area contributed by atoms with Gasteiger partial charge in [0, 0.05) is 30.9 Å². The lowest BCUT2D eigenvalue weighted by molar-refractivity contribution is -0.122. The fourth-order valence-electron chi connectivity index (χ4n) is 3.19. The molecule has 2 N–H and O–H groups in total. The third-order valence-corrected chi connectivity index (χ3v) is 4.49. The van der Waals surface area contributed by atoms with E-state index in [1.807, 2.05) is 59.3 Å². The summed E-state index contributed by atoms with van der Waals surface area (Å²) in [6.07, 6.45) is 3.98. The molecule has 0 aliphatic carbocycles. The number of carbonyl (C=O) groups excluding carboxylic acids is 2. The van der Waals surface area contributed by atoms with Gasteiger partial charge in [0.2, 0.25) is 5.91 Å². The number of para-hydroxylation sites is 1. The van der Waals surface area contributed by atoms with Gasteiger partial charge in [0.1, 0.15) is 11.3 Å². The van der Waals surface area contributed by atoms with Gasteiger partial charge in [-0.3, -0.25) is 24.8 Å². The molecule has 0 unspecified atom stereocenters. The van der Waals surface area contributed by atoms with Crippen LogP contribution in [0.1, 0.15) is 22.6 Å². The number of imidazole rings is 1. The Balaban J connectivity index is 1.37. The Kier molecular flexibility index (Phi) is 4.33. The third-order valence-electron chi connectivity index (χ3n) is 4.49. The first-order valence-electron chi connectivity index (χ1n) is 8.70. The minimum absolute atomic E-state index is 0.255. The van der Waals surface area contributed by atoms with Crippen molar-refractivity contribution in [2.45, 2.75) is 19.9 Å². The summed E-state index contributed by atoms with van der Waals surface area (Å²) >= 11 is 0. The van der Waals surface area contributed by atoms with E-state index < -0.39 is 5.91 Å². The number of nitrogens with zero attached hydrogens (tertiary/aromatic N) is 3. The SMILES string of the molecule is Cc1nc2ccccn2c1C(=O)NNC(=O)CCn1ccc2ccccc21. The van der Waals surface area contributed by atoms with E-state index >= 15 is 0 Å². The van der Waals surface area contributed by atoms with Crippen LogP contribution >= 0.6 is 0 Å². The van der Waals surface area contributed by atoms with Gasteiger partial charge in [-0.15, -0.1) is 0 Å². The highest BCUT2D eigenvalue weighted by molar-refractivity contribution is 5.95. The quantitative estimate of drug-likeness (QED) is 0.548. The van der Waals surface area contributed by atoms with E-state index in [-0.39, 0.29) is 12.3 Å². The van der Waals surface area contributed by atoms with E-state index in [0.29, 0.717) is 23.6 Å². The van der Waals surface area contributed by atoms with E-state index in [2.05, 4.69) is 15.8 Å². The molecular formula is C20H19N5O2. The van der Waals surface area contributed by atoms with Crippen molar-refractivity contribution in [1.29, 1.82) is 0 Å². The molecule has 0 saturated carbocycles. The molecule has 2 amide bonds. The highest BCUT2D eigenvalue weighted by Gasteiger charge is 2.16. The number of aryl methyl sites for hydroxylation is 2. The van der Waals surface area contributed by atoms with Crippen LogP contribution in [0.5, 0.6) is 0 Å². The average molecular weight is 361 g/mol. The summed E-state index contributed by atoms with van der Waals surface area (Å²) in [5.74, 6) is -0.654. The van der Waals surface area contributed by atoms with Crippen molar-refractivity contribution in [3.8, 4) is 0 Å². The Bertz CT molecular complexity index is 1140. The van der Waals surface area contributed by atoms with E-state index in [1.54, 1.807) is 17.5 Å². The van der Waals surface area contributed by atoms with Crippen LogP contribution in [0, 0.1) is 6.92 Å². The van der Waals surface area contributed by atoms with Crippen LogP contribution in [0.15, 0.2) is 60.9 Å². The average Bonchev–Trinajstić information content (AvgIpc) is 3.24. The zero-order chi connectivity index (χ0) is 18.8. The second kappa shape index (κ2) is 6.95. The molecule has 0 spiro atoms. The van der Waals surface area contributed by atoms with E-state index in [1.165, 1.54) is 0 Å². The Morgan fingerprint density at radius 3 is 2.70 bits per heavy atom. The fourth-order valence-corrected chi connectivity index (χ4v) is 3.19. The highest BCUT2D eigenvalue weighted by Crippen LogP contribution is 2.15. The molecule has 4 aromatic rings. The number of amides is 2. The van der Waals surface area contributed by atoms with Crippen molar-refractivity contribution in [2.24, 2.45) is 0 Å². The molecule has 3 aromatic heterocycles. The molecule has 27 heavy (non-hydrogen) atoms. The molecule has 0 bridgehead atoms. The predicted molar refractivity (Wildman–Crippen MR) is 102 cm³/mol. The molecule has 0 atom stereocenters. The minimum Gasteiger partial charge on any atom is -0.347 e. The lowest BCUT2D eigenvalue weighted by Crippen LogP contribution is -2.42. The van der Waals surface area contributed by atoms with Crippen LogP contribution in [0.25, 0.3) is 16.6 Å². The Hall–Kier alpha value is -3.61. The monoisotopic (exact) mass is 361 g/mol. The number of pyridine rings is 1. The number of rotatable bonds is 4. The maximum absolute atomic E-state index is 12.5. The summed E-state index contributed by atoms with van der Waals surface area (Å²) in [4.78, 5) is 28.9. The number of hydrazine groups is 1. The number of carbonyl (C=O) groups is 2. The maximum Gasteiger partial charge on any atom is 0.288 e. The van der Waals surface area contributed by atoms with Crippen molar-refractivity contribution < 1.29 is 9.59 Å². The largest absolute Gasteiger partial charge is 0.347 e. The van der Waals surface area contributed by atoms with Crippen LogP contribution in [-0.4, -0.2) is 25.8 Å². The van der Waals surface area contributed by atoms with Gasteiger partial charge in [-0.05, 0) is 36.6 Å². The summed E-state index contributed by atoms with van der Waals surface area (Å²) in [7, 11) is 0. The third kappa shape index (κ3) is 3.27. The second-order valence-electron chi connectivity index (χ2n) is 6.29. The number of hydrogen-bond acceptors (Lipinski definition) is 3. The number of benzene rings is 1.